The SMILES string of the molecule is CCOc1ccc(C2(CSCC3(c4ccc(OCC)cc4)CC3Cl)CC2Cl)cc1. The van der Waals surface area contributed by atoms with E-state index >= 15 is 0 Å². The fourth-order valence-electron chi connectivity index (χ4n) is 4.10. The highest BCUT2D eigenvalue weighted by atomic mass is 35.5. The topological polar surface area (TPSA) is 18.5 Å². The number of hydrogen-bond acceptors (Lipinski definition) is 3. The minimum absolute atomic E-state index is 0.0771. The van der Waals surface area contributed by atoms with Gasteiger partial charge in [0, 0.05) is 33.1 Å². The second kappa shape index (κ2) is 8.61. The zero-order chi connectivity index (χ0) is 20.5. The quantitative estimate of drug-likeness (QED) is 0.389. The average Bonchev–Trinajstić information content (AvgIpc) is 3.59. The molecule has 0 N–H and O–H groups in total. The molecule has 2 aliphatic carbocycles. The Morgan fingerprint density at radius 1 is 0.759 bits per heavy atom. The fraction of sp³-hybridized carbons (Fsp3) is 0.500. The summed E-state index contributed by atoms with van der Waals surface area (Å²) < 4.78 is 11.2. The molecule has 0 spiro atoms. The third-order valence-corrected chi connectivity index (χ3v) is 8.75. The van der Waals surface area contributed by atoms with Crippen molar-refractivity contribution in [3.05, 3.63) is 59.7 Å². The van der Waals surface area contributed by atoms with E-state index in [1.807, 2.05) is 25.6 Å². The van der Waals surface area contributed by atoms with Gasteiger partial charge in [-0.25, -0.2) is 0 Å². The minimum atomic E-state index is 0.0771. The van der Waals surface area contributed by atoms with Crippen molar-refractivity contribution < 1.29 is 9.47 Å². The van der Waals surface area contributed by atoms with Gasteiger partial charge in [-0.1, -0.05) is 24.3 Å². The average molecular weight is 451 g/mol. The van der Waals surface area contributed by atoms with Crippen LogP contribution in [0.3, 0.4) is 0 Å². The Labute approximate surface area is 188 Å². The van der Waals surface area contributed by atoms with E-state index < -0.39 is 0 Å². The van der Waals surface area contributed by atoms with E-state index in [2.05, 4.69) is 48.5 Å². The lowest BCUT2D eigenvalue weighted by Crippen LogP contribution is -2.19. The van der Waals surface area contributed by atoms with Crippen LogP contribution in [-0.2, 0) is 10.8 Å². The maximum atomic E-state index is 6.62. The number of rotatable bonds is 10. The zero-order valence-electron chi connectivity index (χ0n) is 17.0. The van der Waals surface area contributed by atoms with Crippen molar-refractivity contribution in [2.24, 2.45) is 0 Å². The molecule has 4 rings (SSSR count). The zero-order valence-corrected chi connectivity index (χ0v) is 19.3. The Bertz CT molecular complexity index is 756. The van der Waals surface area contributed by atoms with Gasteiger partial charge in [-0.05, 0) is 62.1 Å². The first kappa shape index (κ1) is 21.2. The van der Waals surface area contributed by atoms with E-state index in [1.165, 1.54) is 11.1 Å². The summed E-state index contributed by atoms with van der Waals surface area (Å²) in [5.74, 6) is 3.89. The molecule has 0 aromatic heterocycles. The van der Waals surface area contributed by atoms with Crippen molar-refractivity contribution in [3.63, 3.8) is 0 Å². The molecule has 156 valence electrons. The first-order valence-corrected chi connectivity index (χ1v) is 12.4. The molecule has 2 saturated carbocycles. The molecular formula is C24H28Cl2O2S. The van der Waals surface area contributed by atoms with Gasteiger partial charge in [0.15, 0.2) is 0 Å². The number of benzene rings is 2. The van der Waals surface area contributed by atoms with Gasteiger partial charge in [0.2, 0.25) is 0 Å². The number of hydrogen-bond donors (Lipinski definition) is 0. The monoisotopic (exact) mass is 450 g/mol. The first-order valence-electron chi connectivity index (χ1n) is 10.4. The van der Waals surface area contributed by atoms with Crippen molar-refractivity contribution in [1.29, 1.82) is 0 Å². The van der Waals surface area contributed by atoms with Gasteiger partial charge in [0.25, 0.3) is 0 Å². The van der Waals surface area contributed by atoms with Gasteiger partial charge < -0.3 is 9.47 Å². The molecule has 5 heteroatoms. The van der Waals surface area contributed by atoms with Crippen molar-refractivity contribution in [1.82, 2.24) is 0 Å². The van der Waals surface area contributed by atoms with Gasteiger partial charge in [-0.2, -0.15) is 11.8 Å². The summed E-state index contributed by atoms with van der Waals surface area (Å²) in [4.78, 5) is 0. The predicted molar refractivity (Wildman–Crippen MR) is 124 cm³/mol. The lowest BCUT2D eigenvalue weighted by molar-refractivity contribution is 0.340. The van der Waals surface area contributed by atoms with Crippen molar-refractivity contribution in [2.45, 2.75) is 48.3 Å². The highest BCUT2D eigenvalue weighted by molar-refractivity contribution is 7.99. The van der Waals surface area contributed by atoms with Crippen LogP contribution in [0, 0.1) is 0 Å². The van der Waals surface area contributed by atoms with E-state index in [1.54, 1.807) is 0 Å². The van der Waals surface area contributed by atoms with Crippen molar-refractivity contribution >= 4 is 35.0 Å². The lowest BCUT2D eigenvalue weighted by Gasteiger charge is -2.21. The van der Waals surface area contributed by atoms with Gasteiger partial charge >= 0.3 is 0 Å². The van der Waals surface area contributed by atoms with Gasteiger partial charge in [-0.15, -0.1) is 23.2 Å². The smallest absolute Gasteiger partial charge is 0.119 e. The van der Waals surface area contributed by atoms with Crippen LogP contribution in [0.5, 0.6) is 11.5 Å². The summed E-state index contributed by atoms with van der Waals surface area (Å²) in [7, 11) is 0. The van der Waals surface area contributed by atoms with Crippen LogP contribution in [-0.4, -0.2) is 35.5 Å². The second-order valence-corrected chi connectivity index (χ2v) is 10.1. The largest absolute Gasteiger partial charge is 0.494 e. The van der Waals surface area contributed by atoms with Crippen LogP contribution in [0.15, 0.2) is 48.5 Å². The third kappa shape index (κ3) is 4.24. The first-order chi connectivity index (χ1) is 14.0. The van der Waals surface area contributed by atoms with E-state index in [4.69, 9.17) is 32.7 Å². The molecule has 2 nitrogen and oxygen atoms in total. The third-order valence-electron chi connectivity index (χ3n) is 6.17. The van der Waals surface area contributed by atoms with Crippen molar-refractivity contribution in [2.75, 3.05) is 24.7 Å². The van der Waals surface area contributed by atoms with Crippen molar-refractivity contribution in [3.8, 4) is 11.5 Å². The second-order valence-electron chi connectivity index (χ2n) is 8.06. The molecule has 4 atom stereocenters. The molecule has 29 heavy (non-hydrogen) atoms. The molecular weight excluding hydrogens is 423 g/mol. The van der Waals surface area contributed by atoms with Gasteiger partial charge in [-0.3, -0.25) is 0 Å². The number of thioether (sulfide) groups is 1. The van der Waals surface area contributed by atoms with Crippen LogP contribution >= 0.6 is 35.0 Å². The lowest BCUT2D eigenvalue weighted by atomic mass is 9.98. The molecule has 0 amide bonds. The van der Waals surface area contributed by atoms with Crippen LogP contribution in [0.4, 0.5) is 0 Å². The Balaban J connectivity index is 1.40. The van der Waals surface area contributed by atoms with E-state index in [-0.39, 0.29) is 21.6 Å². The fourth-order valence-corrected chi connectivity index (χ4v) is 7.04. The summed E-state index contributed by atoms with van der Waals surface area (Å²) >= 11 is 15.2. The molecule has 0 saturated heterocycles. The Kier molecular flexibility index (Phi) is 6.30. The summed E-state index contributed by atoms with van der Waals surface area (Å²) in [5.41, 5.74) is 2.80. The normalized spacial score (nSPS) is 30.1. The Hall–Kier alpha value is -1.03. The maximum absolute atomic E-state index is 6.62. The summed E-state index contributed by atoms with van der Waals surface area (Å²) in [6, 6.07) is 17.0. The molecule has 4 unspecified atom stereocenters. The molecule has 0 bridgehead atoms. The molecule has 2 fully saturated rings. The highest BCUT2D eigenvalue weighted by Gasteiger charge is 2.57. The van der Waals surface area contributed by atoms with Crippen LogP contribution in [0.25, 0.3) is 0 Å². The van der Waals surface area contributed by atoms with Gasteiger partial charge in [0.05, 0.1) is 13.2 Å². The predicted octanol–water partition coefficient (Wildman–Crippen LogP) is 6.42. The summed E-state index contributed by atoms with van der Waals surface area (Å²) in [5, 5.41) is 0.417. The summed E-state index contributed by atoms with van der Waals surface area (Å²) in [6.45, 7) is 5.38. The number of alkyl halides is 2. The van der Waals surface area contributed by atoms with E-state index in [0.717, 1.165) is 35.8 Å². The highest BCUT2D eigenvalue weighted by Crippen LogP contribution is 2.58. The molecule has 2 aromatic rings. The minimum Gasteiger partial charge on any atom is -0.494 e. The maximum Gasteiger partial charge on any atom is 0.119 e. The number of halogens is 2. The molecule has 0 radical (unpaired) electrons. The van der Waals surface area contributed by atoms with Crippen LogP contribution < -0.4 is 9.47 Å². The molecule has 2 aromatic carbocycles. The standard InChI is InChI=1S/C24H28Cl2O2S/c1-3-27-19-9-5-17(6-10-19)23(13-21(23)25)15-29-16-24(14-22(24)26)18-7-11-20(12-8-18)28-4-2/h5-12,21-22H,3-4,13-16H2,1-2H3. The summed E-state index contributed by atoms with van der Waals surface area (Å²) in [6.07, 6.45) is 2.08. The van der Waals surface area contributed by atoms with E-state index in [9.17, 15) is 0 Å². The van der Waals surface area contributed by atoms with Crippen LogP contribution in [0.2, 0.25) is 0 Å². The van der Waals surface area contributed by atoms with Gasteiger partial charge in [0.1, 0.15) is 11.5 Å². The number of ether oxygens (including phenoxy) is 2. The Morgan fingerprint density at radius 2 is 1.10 bits per heavy atom. The molecule has 2 aliphatic rings. The Morgan fingerprint density at radius 3 is 1.38 bits per heavy atom. The molecule has 0 aliphatic heterocycles. The van der Waals surface area contributed by atoms with E-state index in [0.29, 0.717) is 13.2 Å². The van der Waals surface area contributed by atoms with Crippen LogP contribution in [0.1, 0.15) is 37.8 Å². The molecule has 0 heterocycles.